The van der Waals surface area contributed by atoms with E-state index in [1.165, 1.54) is 0 Å². The minimum Gasteiger partial charge on any atom is -0.392 e. The number of fused-ring (bicyclic) bond motifs is 1. The van der Waals surface area contributed by atoms with Crippen LogP contribution in [0, 0.1) is 5.92 Å². The Morgan fingerprint density at radius 1 is 1.36 bits per heavy atom. The predicted octanol–water partition coefficient (Wildman–Crippen LogP) is 2.48. The van der Waals surface area contributed by atoms with Gasteiger partial charge in [0.15, 0.2) is 0 Å². The first-order chi connectivity index (χ1) is 12.0. The van der Waals surface area contributed by atoms with E-state index in [9.17, 15) is 9.90 Å². The van der Waals surface area contributed by atoms with Crippen LogP contribution in [0.2, 0.25) is 0 Å². The van der Waals surface area contributed by atoms with Crippen LogP contribution < -0.4 is 5.32 Å². The predicted molar refractivity (Wildman–Crippen MR) is 99.5 cm³/mol. The van der Waals surface area contributed by atoms with Gasteiger partial charge in [0.25, 0.3) is 0 Å². The standard InChI is InChI=1S/C19H28N4O2/c1-13(2)11-22(15-8-9-15)18(25)12-23-17-7-5-4-6-16(17)21-19(23)20-10-14(3)24/h4-7,13-15,24H,8-12H2,1-3H3,(H,20,21). The molecule has 0 radical (unpaired) electrons. The molecule has 1 aliphatic carbocycles. The summed E-state index contributed by atoms with van der Waals surface area (Å²) in [6.07, 6.45) is 1.74. The quantitative estimate of drug-likeness (QED) is 0.772. The molecule has 1 aliphatic rings. The number of aliphatic hydroxyl groups is 1. The Hall–Kier alpha value is -2.08. The molecule has 1 atom stereocenters. The Morgan fingerprint density at radius 2 is 2.08 bits per heavy atom. The number of hydrogen-bond acceptors (Lipinski definition) is 4. The van der Waals surface area contributed by atoms with Gasteiger partial charge in [-0.25, -0.2) is 4.98 Å². The van der Waals surface area contributed by atoms with Crippen molar-refractivity contribution < 1.29 is 9.90 Å². The minimum absolute atomic E-state index is 0.138. The van der Waals surface area contributed by atoms with Crippen LogP contribution in [0.25, 0.3) is 11.0 Å². The van der Waals surface area contributed by atoms with Crippen molar-refractivity contribution in [2.24, 2.45) is 5.92 Å². The number of nitrogens with zero attached hydrogens (tertiary/aromatic N) is 3. The second-order valence-electron chi connectivity index (χ2n) is 7.41. The molecule has 1 heterocycles. The zero-order valence-electron chi connectivity index (χ0n) is 15.3. The highest BCUT2D eigenvalue weighted by atomic mass is 16.3. The van der Waals surface area contributed by atoms with E-state index in [4.69, 9.17) is 0 Å². The molecule has 1 saturated carbocycles. The fourth-order valence-corrected chi connectivity index (χ4v) is 3.07. The molecule has 6 nitrogen and oxygen atoms in total. The lowest BCUT2D eigenvalue weighted by Gasteiger charge is -2.25. The van der Waals surface area contributed by atoms with Gasteiger partial charge < -0.3 is 19.9 Å². The maximum absolute atomic E-state index is 13.0. The third-order valence-corrected chi connectivity index (χ3v) is 4.37. The number of carbonyl (C=O) groups is 1. The van der Waals surface area contributed by atoms with Crippen LogP contribution >= 0.6 is 0 Å². The molecule has 3 rings (SSSR count). The molecule has 1 fully saturated rings. The summed E-state index contributed by atoms with van der Waals surface area (Å²) in [6.45, 7) is 7.48. The summed E-state index contributed by atoms with van der Waals surface area (Å²) in [5.74, 6) is 1.23. The second kappa shape index (κ2) is 7.44. The van der Waals surface area contributed by atoms with Gasteiger partial charge in [-0.05, 0) is 37.8 Å². The van der Waals surface area contributed by atoms with E-state index in [0.29, 0.717) is 24.5 Å². The monoisotopic (exact) mass is 344 g/mol. The SMILES string of the molecule is CC(C)CN(C(=O)Cn1c(NCC(C)O)nc2ccccc21)C1CC1. The van der Waals surface area contributed by atoms with Gasteiger partial charge in [0.2, 0.25) is 11.9 Å². The Labute approximate surface area is 148 Å². The van der Waals surface area contributed by atoms with Crippen molar-refractivity contribution in [3.05, 3.63) is 24.3 Å². The third kappa shape index (κ3) is 4.31. The van der Waals surface area contributed by atoms with Crippen molar-refractivity contribution in [2.75, 3.05) is 18.4 Å². The molecule has 2 N–H and O–H groups in total. The molecule has 0 saturated heterocycles. The number of hydrogen-bond donors (Lipinski definition) is 2. The van der Waals surface area contributed by atoms with Crippen molar-refractivity contribution in [3.8, 4) is 0 Å². The van der Waals surface area contributed by atoms with E-state index in [-0.39, 0.29) is 12.5 Å². The van der Waals surface area contributed by atoms with Crippen molar-refractivity contribution in [2.45, 2.75) is 52.3 Å². The zero-order chi connectivity index (χ0) is 18.0. The maximum Gasteiger partial charge on any atom is 0.242 e. The Bertz CT molecular complexity index is 734. The Morgan fingerprint density at radius 3 is 2.72 bits per heavy atom. The summed E-state index contributed by atoms with van der Waals surface area (Å²) < 4.78 is 1.93. The molecular weight excluding hydrogens is 316 g/mol. The summed E-state index contributed by atoms with van der Waals surface area (Å²) in [5.41, 5.74) is 1.79. The van der Waals surface area contributed by atoms with Crippen molar-refractivity contribution in [1.82, 2.24) is 14.5 Å². The molecule has 1 unspecified atom stereocenters. The molecule has 6 heteroatoms. The van der Waals surface area contributed by atoms with Crippen LogP contribution in [0.15, 0.2) is 24.3 Å². The van der Waals surface area contributed by atoms with Gasteiger partial charge in [0, 0.05) is 19.1 Å². The number of carbonyl (C=O) groups excluding carboxylic acids is 1. The number of imidazole rings is 1. The molecule has 136 valence electrons. The Kier molecular flexibility index (Phi) is 5.27. The van der Waals surface area contributed by atoms with Gasteiger partial charge in [-0.15, -0.1) is 0 Å². The number of benzene rings is 1. The molecule has 1 aromatic carbocycles. The normalized spacial score (nSPS) is 15.6. The van der Waals surface area contributed by atoms with E-state index in [1.54, 1.807) is 6.92 Å². The van der Waals surface area contributed by atoms with E-state index >= 15 is 0 Å². The topological polar surface area (TPSA) is 70.4 Å². The summed E-state index contributed by atoms with van der Waals surface area (Å²) in [5, 5.41) is 12.7. The molecule has 2 aromatic rings. The van der Waals surface area contributed by atoms with Crippen molar-refractivity contribution in [3.63, 3.8) is 0 Å². The molecular formula is C19H28N4O2. The number of aromatic nitrogens is 2. The average Bonchev–Trinajstić information content (AvgIpc) is 3.34. The molecule has 1 aromatic heterocycles. The third-order valence-electron chi connectivity index (χ3n) is 4.37. The van der Waals surface area contributed by atoms with Crippen LogP contribution in [0.3, 0.4) is 0 Å². The first-order valence-corrected chi connectivity index (χ1v) is 9.12. The van der Waals surface area contributed by atoms with Crippen molar-refractivity contribution in [1.29, 1.82) is 0 Å². The molecule has 0 spiro atoms. The molecule has 0 aliphatic heterocycles. The Balaban J connectivity index is 1.85. The summed E-state index contributed by atoms with van der Waals surface area (Å²) in [6, 6.07) is 8.22. The summed E-state index contributed by atoms with van der Waals surface area (Å²) in [4.78, 5) is 19.6. The van der Waals surface area contributed by atoms with E-state index < -0.39 is 6.10 Å². The number of amides is 1. The summed E-state index contributed by atoms with van der Waals surface area (Å²) >= 11 is 0. The van der Waals surface area contributed by atoms with Crippen LogP contribution in [0.5, 0.6) is 0 Å². The van der Waals surface area contributed by atoms with Gasteiger partial charge in [-0.3, -0.25) is 4.79 Å². The number of para-hydroxylation sites is 2. The van der Waals surface area contributed by atoms with Gasteiger partial charge in [-0.1, -0.05) is 26.0 Å². The van der Waals surface area contributed by atoms with Crippen molar-refractivity contribution >= 4 is 22.9 Å². The van der Waals surface area contributed by atoms with E-state index in [0.717, 1.165) is 30.4 Å². The first kappa shape index (κ1) is 17.7. The fourth-order valence-electron chi connectivity index (χ4n) is 3.07. The number of nitrogens with one attached hydrogen (secondary N) is 1. The lowest BCUT2D eigenvalue weighted by Crippen LogP contribution is -2.38. The number of anilines is 1. The number of aliphatic hydroxyl groups excluding tert-OH is 1. The van der Waals surface area contributed by atoms with Crippen LogP contribution in [-0.4, -0.2) is 50.7 Å². The van der Waals surface area contributed by atoms with Crippen LogP contribution in [0.1, 0.15) is 33.6 Å². The first-order valence-electron chi connectivity index (χ1n) is 9.12. The lowest BCUT2D eigenvalue weighted by molar-refractivity contribution is -0.132. The molecule has 1 amide bonds. The smallest absolute Gasteiger partial charge is 0.242 e. The van der Waals surface area contributed by atoms with Gasteiger partial charge >= 0.3 is 0 Å². The van der Waals surface area contributed by atoms with Crippen LogP contribution in [-0.2, 0) is 11.3 Å². The molecule has 25 heavy (non-hydrogen) atoms. The fraction of sp³-hybridized carbons (Fsp3) is 0.579. The van der Waals surface area contributed by atoms with Crippen LogP contribution in [0.4, 0.5) is 5.95 Å². The van der Waals surface area contributed by atoms with Gasteiger partial charge in [0.05, 0.1) is 17.1 Å². The van der Waals surface area contributed by atoms with Gasteiger partial charge in [0.1, 0.15) is 6.54 Å². The number of rotatable bonds is 8. The minimum atomic E-state index is -0.479. The molecule has 0 bridgehead atoms. The highest BCUT2D eigenvalue weighted by Gasteiger charge is 2.33. The second-order valence-corrected chi connectivity index (χ2v) is 7.41. The van der Waals surface area contributed by atoms with Gasteiger partial charge in [-0.2, -0.15) is 0 Å². The lowest BCUT2D eigenvalue weighted by atomic mass is 10.2. The highest BCUT2D eigenvalue weighted by Crippen LogP contribution is 2.28. The largest absolute Gasteiger partial charge is 0.392 e. The maximum atomic E-state index is 13.0. The van der Waals surface area contributed by atoms with E-state index in [1.807, 2.05) is 33.7 Å². The highest BCUT2D eigenvalue weighted by molar-refractivity contribution is 5.83. The summed E-state index contributed by atoms with van der Waals surface area (Å²) in [7, 11) is 0. The zero-order valence-corrected chi connectivity index (χ0v) is 15.3. The average molecular weight is 344 g/mol. The van der Waals surface area contributed by atoms with E-state index in [2.05, 4.69) is 24.1 Å².